The van der Waals surface area contributed by atoms with Crippen LogP contribution in [0, 0.1) is 11.7 Å². The third kappa shape index (κ3) is 4.43. The second kappa shape index (κ2) is 8.08. The van der Waals surface area contributed by atoms with Crippen molar-refractivity contribution in [2.24, 2.45) is 11.7 Å². The number of halogens is 2. The summed E-state index contributed by atoms with van der Waals surface area (Å²) in [4.78, 5) is 14.3. The van der Waals surface area contributed by atoms with Gasteiger partial charge in [0.2, 0.25) is 5.91 Å². The minimum absolute atomic E-state index is 0. The minimum Gasteiger partial charge on any atom is -0.370 e. The van der Waals surface area contributed by atoms with Crippen LogP contribution in [0.3, 0.4) is 0 Å². The SMILES string of the molecule is Cl.N[C@@H]1CCC[C@H]1CC(=O)N1CCOC(c2ccc(F)cc2)C1. The van der Waals surface area contributed by atoms with E-state index >= 15 is 0 Å². The van der Waals surface area contributed by atoms with Crippen molar-refractivity contribution in [3.8, 4) is 0 Å². The molecule has 2 fully saturated rings. The van der Waals surface area contributed by atoms with Gasteiger partial charge in [0.15, 0.2) is 0 Å². The second-order valence-electron chi connectivity index (χ2n) is 6.31. The van der Waals surface area contributed by atoms with Gasteiger partial charge in [0, 0.05) is 19.0 Å². The van der Waals surface area contributed by atoms with E-state index in [1.165, 1.54) is 12.1 Å². The van der Waals surface area contributed by atoms with Crippen molar-refractivity contribution in [2.45, 2.75) is 37.8 Å². The maximum absolute atomic E-state index is 13.0. The number of rotatable bonds is 3. The summed E-state index contributed by atoms with van der Waals surface area (Å²) >= 11 is 0. The molecule has 1 amide bonds. The summed E-state index contributed by atoms with van der Waals surface area (Å²) < 4.78 is 18.7. The van der Waals surface area contributed by atoms with Crippen LogP contribution in [-0.2, 0) is 9.53 Å². The van der Waals surface area contributed by atoms with E-state index in [0.717, 1.165) is 24.8 Å². The summed E-state index contributed by atoms with van der Waals surface area (Å²) in [6.07, 6.45) is 3.57. The van der Waals surface area contributed by atoms with Crippen LogP contribution in [0.25, 0.3) is 0 Å². The van der Waals surface area contributed by atoms with Crippen LogP contribution < -0.4 is 5.73 Å². The van der Waals surface area contributed by atoms with Gasteiger partial charge in [-0.25, -0.2) is 4.39 Å². The normalized spacial score (nSPS) is 27.6. The van der Waals surface area contributed by atoms with Crippen LogP contribution in [0.2, 0.25) is 0 Å². The van der Waals surface area contributed by atoms with E-state index < -0.39 is 0 Å². The van der Waals surface area contributed by atoms with Gasteiger partial charge in [-0.2, -0.15) is 0 Å². The molecule has 4 nitrogen and oxygen atoms in total. The number of ether oxygens (including phenoxy) is 1. The zero-order valence-electron chi connectivity index (χ0n) is 13.1. The van der Waals surface area contributed by atoms with Crippen LogP contribution in [0.5, 0.6) is 0 Å². The Hall–Kier alpha value is -1.17. The summed E-state index contributed by atoms with van der Waals surface area (Å²) in [6, 6.07) is 6.47. The van der Waals surface area contributed by atoms with E-state index in [2.05, 4.69) is 0 Å². The molecular formula is C17H24ClFN2O2. The van der Waals surface area contributed by atoms with Crippen molar-refractivity contribution in [2.75, 3.05) is 19.7 Å². The molecule has 1 aliphatic heterocycles. The molecule has 1 aromatic rings. The number of nitrogens with two attached hydrogens (primary N) is 1. The first-order valence-corrected chi connectivity index (χ1v) is 8.04. The monoisotopic (exact) mass is 342 g/mol. The van der Waals surface area contributed by atoms with Gasteiger partial charge in [-0.05, 0) is 36.5 Å². The summed E-state index contributed by atoms with van der Waals surface area (Å²) in [5.74, 6) is 0.222. The van der Waals surface area contributed by atoms with E-state index in [9.17, 15) is 9.18 Å². The molecule has 0 radical (unpaired) electrons. The molecule has 3 atom stereocenters. The summed E-state index contributed by atoms with van der Waals surface area (Å²) in [7, 11) is 0. The Morgan fingerprint density at radius 1 is 1.30 bits per heavy atom. The molecule has 23 heavy (non-hydrogen) atoms. The fraction of sp³-hybridized carbons (Fsp3) is 0.588. The third-order valence-corrected chi connectivity index (χ3v) is 4.82. The van der Waals surface area contributed by atoms with Gasteiger partial charge in [-0.15, -0.1) is 12.4 Å². The highest BCUT2D eigenvalue weighted by Gasteiger charge is 2.30. The number of hydrogen-bond acceptors (Lipinski definition) is 3. The lowest BCUT2D eigenvalue weighted by Crippen LogP contribution is -2.43. The van der Waals surface area contributed by atoms with E-state index in [-0.39, 0.29) is 36.3 Å². The predicted octanol–water partition coefficient (Wildman–Crippen LogP) is 2.66. The molecule has 6 heteroatoms. The van der Waals surface area contributed by atoms with Crippen LogP contribution in [0.1, 0.15) is 37.4 Å². The van der Waals surface area contributed by atoms with Crippen LogP contribution in [-0.4, -0.2) is 36.5 Å². The Bertz CT molecular complexity index is 526. The van der Waals surface area contributed by atoms with Crippen molar-refractivity contribution in [1.82, 2.24) is 4.90 Å². The van der Waals surface area contributed by atoms with E-state index in [1.54, 1.807) is 12.1 Å². The molecule has 0 bridgehead atoms. The lowest BCUT2D eigenvalue weighted by Gasteiger charge is -2.34. The Kier molecular flexibility index (Phi) is 6.39. The predicted molar refractivity (Wildman–Crippen MR) is 88.9 cm³/mol. The molecule has 1 saturated heterocycles. The highest BCUT2D eigenvalue weighted by molar-refractivity contribution is 5.85. The molecule has 128 valence electrons. The van der Waals surface area contributed by atoms with Gasteiger partial charge in [0.05, 0.1) is 13.2 Å². The molecule has 1 unspecified atom stereocenters. The quantitative estimate of drug-likeness (QED) is 0.918. The number of carbonyl (C=O) groups excluding carboxylic acids is 1. The molecule has 0 spiro atoms. The Morgan fingerprint density at radius 2 is 2.04 bits per heavy atom. The lowest BCUT2D eigenvalue weighted by atomic mass is 9.99. The van der Waals surface area contributed by atoms with Crippen molar-refractivity contribution in [3.63, 3.8) is 0 Å². The highest BCUT2D eigenvalue weighted by atomic mass is 35.5. The van der Waals surface area contributed by atoms with Crippen molar-refractivity contribution in [1.29, 1.82) is 0 Å². The van der Waals surface area contributed by atoms with Crippen LogP contribution in [0.4, 0.5) is 4.39 Å². The summed E-state index contributed by atoms with van der Waals surface area (Å²) in [5.41, 5.74) is 6.97. The number of benzene rings is 1. The number of nitrogens with zero attached hydrogens (tertiary/aromatic N) is 1. The number of morpholine rings is 1. The largest absolute Gasteiger partial charge is 0.370 e. The molecule has 2 N–H and O–H groups in total. The first-order chi connectivity index (χ1) is 10.6. The number of carbonyl (C=O) groups is 1. The lowest BCUT2D eigenvalue weighted by molar-refractivity contribution is -0.140. The Labute approximate surface area is 142 Å². The van der Waals surface area contributed by atoms with E-state index in [1.807, 2.05) is 4.90 Å². The first kappa shape index (κ1) is 18.2. The minimum atomic E-state index is -0.261. The van der Waals surface area contributed by atoms with Crippen molar-refractivity contribution in [3.05, 3.63) is 35.6 Å². The van der Waals surface area contributed by atoms with Gasteiger partial charge in [0.1, 0.15) is 11.9 Å². The summed E-state index contributed by atoms with van der Waals surface area (Å²) in [5, 5.41) is 0. The van der Waals surface area contributed by atoms with Crippen molar-refractivity contribution < 1.29 is 13.9 Å². The zero-order valence-corrected chi connectivity index (χ0v) is 13.9. The fourth-order valence-electron chi connectivity index (χ4n) is 3.43. The molecule has 1 saturated carbocycles. The maximum atomic E-state index is 13.0. The Morgan fingerprint density at radius 3 is 2.70 bits per heavy atom. The van der Waals surface area contributed by atoms with E-state index in [0.29, 0.717) is 32.0 Å². The smallest absolute Gasteiger partial charge is 0.223 e. The second-order valence-corrected chi connectivity index (χ2v) is 6.31. The van der Waals surface area contributed by atoms with Crippen molar-refractivity contribution >= 4 is 18.3 Å². The third-order valence-electron chi connectivity index (χ3n) is 4.82. The number of hydrogen-bond donors (Lipinski definition) is 1. The standard InChI is InChI=1S/C17H23FN2O2.ClH/c18-14-6-4-12(5-7-14)16-11-20(8-9-22-16)17(21)10-13-2-1-3-15(13)19;/h4-7,13,15-16H,1-3,8-11,19H2;1H/t13-,15+,16?;/m0./s1. The highest BCUT2D eigenvalue weighted by Crippen LogP contribution is 2.29. The topological polar surface area (TPSA) is 55.6 Å². The molecule has 1 aliphatic carbocycles. The van der Waals surface area contributed by atoms with Gasteiger partial charge in [0.25, 0.3) is 0 Å². The molecule has 1 heterocycles. The van der Waals surface area contributed by atoms with Gasteiger partial charge in [-0.1, -0.05) is 18.6 Å². The molecule has 3 rings (SSSR count). The van der Waals surface area contributed by atoms with Gasteiger partial charge >= 0.3 is 0 Å². The molecular weight excluding hydrogens is 319 g/mol. The van der Waals surface area contributed by atoms with Gasteiger partial charge < -0.3 is 15.4 Å². The summed E-state index contributed by atoms with van der Waals surface area (Å²) in [6.45, 7) is 1.68. The average molecular weight is 343 g/mol. The first-order valence-electron chi connectivity index (χ1n) is 8.04. The average Bonchev–Trinajstić information content (AvgIpc) is 2.93. The van der Waals surface area contributed by atoms with Crippen LogP contribution >= 0.6 is 12.4 Å². The molecule has 1 aromatic carbocycles. The fourth-order valence-corrected chi connectivity index (χ4v) is 3.43. The van der Waals surface area contributed by atoms with Crippen LogP contribution in [0.15, 0.2) is 24.3 Å². The van der Waals surface area contributed by atoms with E-state index in [4.69, 9.17) is 10.5 Å². The molecule has 0 aromatic heterocycles. The zero-order chi connectivity index (χ0) is 15.5. The number of amides is 1. The Balaban J connectivity index is 0.00000192. The molecule has 2 aliphatic rings. The maximum Gasteiger partial charge on any atom is 0.223 e. The van der Waals surface area contributed by atoms with Gasteiger partial charge in [-0.3, -0.25) is 4.79 Å².